The van der Waals surface area contributed by atoms with Gasteiger partial charge < -0.3 is 9.32 Å². The number of piperidine rings is 1. The number of nitrogens with one attached hydrogen (secondary N) is 1. The van der Waals surface area contributed by atoms with E-state index in [0.29, 0.717) is 44.1 Å². The third-order valence-electron chi connectivity index (χ3n) is 5.54. The summed E-state index contributed by atoms with van der Waals surface area (Å²) in [7, 11) is -3.55. The molecular formula is C23H26N4O4S. The highest BCUT2D eigenvalue weighted by Crippen LogP contribution is 2.20. The SMILES string of the molecule is Cc1ccc(-c2nnc(CCC(=O)N3CCC(NS(=O)(=O)c4ccccc4)CC3)o2)cc1. The van der Waals surface area contributed by atoms with Crippen molar-refractivity contribution in [2.24, 2.45) is 0 Å². The number of hydrogen-bond donors (Lipinski definition) is 1. The first-order chi connectivity index (χ1) is 15.4. The second-order valence-corrected chi connectivity index (χ2v) is 9.67. The highest BCUT2D eigenvalue weighted by Gasteiger charge is 2.26. The molecule has 0 aliphatic carbocycles. The lowest BCUT2D eigenvalue weighted by Gasteiger charge is -2.32. The van der Waals surface area contributed by atoms with Crippen LogP contribution in [-0.4, -0.2) is 48.6 Å². The zero-order valence-corrected chi connectivity index (χ0v) is 18.7. The Morgan fingerprint density at radius 3 is 2.44 bits per heavy atom. The fraction of sp³-hybridized carbons (Fsp3) is 0.348. The summed E-state index contributed by atoms with van der Waals surface area (Å²) in [5.41, 5.74) is 2.00. The van der Waals surface area contributed by atoms with Gasteiger partial charge in [-0.05, 0) is 44.0 Å². The molecule has 2 heterocycles. The van der Waals surface area contributed by atoms with Gasteiger partial charge >= 0.3 is 0 Å². The van der Waals surface area contributed by atoms with Gasteiger partial charge in [-0.3, -0.25) is 4.79 Å². The summed E-state index contributed by atoms with van der Waals surface area (Å²) >= 11 is 0. The van der Waals surface area contributed by atoms with Crippen LogP contribution in [0.2, 0.25) is 0 Å². The van der Waals surface area contributed by atoms with Gasteiger partial charge in [0.1, 0.15) is 0 Å². The number of aromatic nitrogens is 2. The fourth-order valence-electron chi connectivity index (χ4n) is 3.67. The summed E-state index contributed by atoms with van der Waals surface area (Å²) in [5, 5.41) is 8.12. The van der Waals surface area contributed by atoms with Gasteiger partial charge in [-0.2, -0.15) is 0 Å². The summed E-state index contributed by atoms with van der Waals surface area (Å²) in [6.45, 7) is 3.04. The second-order valence-electron chi connectivity index (χ2n) is 7.96. The zero-order chi connectivity index (χ0) is 22.6. The lowest BCUT2D eigenvalue weighted by atomic mass is 10.1. The van der Waals surface area contributed by atoms with Crippen molar-refractivity contribution >= 4 is 15.9 Å². The number of benzene rings is 2. The van der Waals surface area contributed by atoms with Gasteiger partial charge in [0.05, 0.1) is 4.90 Å². The van der Waals surface area contributed by atoms with E-state index in [1.807, 2.05) is 31.2 Å². The molecule has 9 heteroatoms. The van der Waals surface area contributed by atoms with Crippen molar-refractivity contribution in [3.05, 3.63) is 66.1 Å². The van der Waals surface area contributed by atoms with Crippen LogP contribution in [-0.2, 0) is 21.2 Å². The molecular weight excluding hydrogens is 428 g/mol. The standard InChI is InChI=1S/C23H26N4O4S/c1-17-7-9-18(10-8-17)23-25-24-21(31-23)11-12-22(28)27-15-13-19(14-16-27)26-32(29,30)20-5-3-2-4-6-20/h2-10,19,26H,11-16H2,1H3. The van der Waals surface area contributed by atoms with Crippen molar-refractivity contribution in [1.29, 1.82) is 0 Å². The molecule has 0 radical (unpaired) electrons. The average molecular weight is 455 g/mol. The number of nitrogens with zero attached hydrogens (tertiary/aromatic N) is 3. The highest BCUT2D eigenvalue weighted by atomic mass is 32.2. The van der Waals surface area contributed by atoms with E-state index < -0.39 is 10.0 Å². The predicted octanol–water partition coefficient (Wildman–Crippen LogP) is 2.95. The van der Waals surface area contributed by atoms with Crippen LogP contribution >= 0.6 is 0 Å². The summed E-state index contributed by atoms with van der Waals surface area (Å²) in [6, 6.07) is 15.9. The molecule has 0 unspecified atom stereocenters. The molecule has 0 bridgehead atoms. The molecule has 3 aromatic rings. The van der Waals surface area contributed by atoms with Gasteiger partial charge in [0.15, 0.2) is 0 Å². The number of rotatable bonds is 7. The molecule has 1 aromatic heterocycles. The van der Waals surface area contributed by atoms with E-state index in [1.165, 1.54) is 0 Å². The lowest BCUT2D eigenvalue weighted by Crippen LogP contribution is -2.46. The van der Waals surface area contributed by atoms with E-state index >= 15 is 0 Å². The minimum atomic E-state index is -3.55. The van der Waals surface area contributed by atoms with Crippen LogP contribution in [0.3, 0.4) is 0 Å². The molecule has 1 saturated heterocycles. The van der Waals surface area contributed by atoms with Crippen LogP contribution in [0, 0.1) is 6.92 Å². The monoisotopic (exact) mass is 454 g/mol. The van der Waals surface area contributed by atoms with Gasteiger partial charge in [0.25, 0.3) is 0 Å². The molecule has 1 amide bonds. The molecule has 8 nitrogen and oxygen atoms in total. The van der Waals surface area contributed by atoms with Crippen LogP contribution in [0.1, 0.15) is 30.7 Å². The van der Waals surface area contributed by atoms with Gasteiger partial charge in [0, 0.05) is 37.5 Å². The number of hydrogen-bond acceptors (Lipinski definition) is 6. The Hall–Kier alpha value is -3.04. The molecule has 0 spiro atoms. The Balaban J connectivity index is 1.25. The van der Waals surface area contributed by atoms with Crippen LogP contribution in [0.4, 0.5) is 0 Å². The van der Waals surface area contributed by atoms with Crippen LogP contribution in [0.15, 0.2) is 63.9 Å². The quantitative estimate of drug-likeness (QED) is 0.588. The van der Waals surface area contributed by atoms with Crippen molar-refractivity contribution in [2.75, 3.05) is 13.1 Å². The van der Waals surface area contributed by atoms with Crippen LogP contribution < -0.4 is 4.72 Å². The molecule has 1 fully saturated rings. The van der Waals surface area contributed by atoms with Gasteiger partial charge in [-0.25, -0.2) is 13.1 Å². The molecule has 1 N–H and O–H groups in total. The van der Waals surface area contributed by atoms with E-state index in [2.05, 4.69) is 14.9 Å². The predicted molar refractivity (Wildman–Crippen MR) is 119 cm³/mol. The molecule has 2 aromatic carbocycles. The summed E-state index contributed by atoms with van der Waals surface area (Å²) in [5.74, 6) is 0.878. The maximum absolute atomic E-state index is 12.6. The molecule has 168 valence electrons. The number of sulfonamides is 1. The first kappa shape index (κ1) is 22.2. The minimum absolute atomic E-state index is 0.00412. The highest BCUT2D eigenvalue weighted by molar-refractivity contribution is 7.89. The van der Waals surface area contributed by atoms with E-state index in [9.17, 15) is 13.2 Å². The molecule has 4 rings (SSSR count). The molecule has 1 aliphatic heterocycles. The largest absolute Gasteiger partial charge is 0.421 e. The van der Waals surface area contributed by atoms with Crippen molar-refractivity contribution < 1.29 is 17.6 Å². The third-order valence-corrected chi connectivity index (χ3v) is 7.08. The maximum Gasteiger partial charge on any atom is 0.247 e. The Morgan fingerprint density at radius 1 is 1.06 bits per heavy atom. The van der Waals surface area contributed by atoms with Crippen molar-refractivity contribution in [3.8, 4) is 11.5 Å². The maximum atomic E-state index is 12.6. The van der Waals surface area contributed by atoms with E-state index in [0.717, 1.165) is 11.1 Å². The molecule has 1 aliphatic rings. The summed E-state index contributed by atoms with van der Waals surface area (Å²) < 4.78 is 33.4. The van der Waals surface area contributed by atoms with Crippen molar-refractivity contribution in [3.63, 3.8) is 0 Å². The number of amides is 1. The molecule has 0 saturated carbocycles. The van der Waals surface area contributed by atoms with Gasteiger partial charge in [-0.15, -0.1) is 10.2 Å². The number of carbonyl (C=O) groups is 1. The zero-order valence-electron chi connectivity index (χ0n) is 17.9. The summed E-state index contributed by atoms with van der Waals surface area (Å²) in [6.07, 6.45) is 1.81. The third kappa shape index (κ3) is 5.41. The lowest BCUT2D eigenvalue weighted by molar-refractivity contribution is -0.132. The van der Waals surface area contributed by atoms with Gasteiger partial charge in [0.2, 0.25) is 27.7 Å². The van der Waals surface area contributed by atoms with Gasteiger partial charge in [-0.1, -0.05) is 35.9 Å². The minimum Gasteiger partial charge on any atom is -0.421 e. The fourth-order valence-corrected chi connectivity index (χ4v) is 5.00. The smallest absolute Gasteiger partial charge is 0.247 e. The van der Waals surface area contributed by atoms with E-state index in [1.54, 1.807) is 35.2 Å². The van der Waals surface area contributed by atoms with Crippen molar-refractivity contribution in [1.82, 2.24) is 19.8 Å². The van der Waals surface area contributed by atoms with E-state index in [4.69, 9.17) is 4.42 Å². The first-order valence-corrected chi connectivity index (χ1v) is 12.1. The summed E-state index contributed by atoms with van der Waals surface area (Å²) in [4.78, 5) is 14.6. The normalized spacial score (nSPS) is 15.1. The van der Waals surface area contributed by atoms with Crippen LogP contribution in [0.5, 0.6) is 0 Å². The van der Waals surface area contributed by atoms with E-state index in [-0.39, 0.29) is 23.3 Å². The number of likely N-dealkylation sites (tertiary alicyclic amines) is 1. The Morgan fingerprint density at radius 2 is 1.75 bits per heavy atom. The Labute approximate surface area is 187 Å². The average Bonchev–Trinajstić information content (AvgIpc) is 3.28. The second kappa shape index (κ2) is 9.62. The number of carbonyl (C=O) groups excluding carboxylic acids is 1. The topological polar surface area (TPSA) is 105 Å². The molecule has 32 heavy (non-hydrogen) atoms. The Kier molecular flexibility index (Phi) is 6.66. The molecule has 0 atom stereocenters. The first-order valence-electron chi connectivity index (χ1n) is 10.7. The van der Waals surface area contributed by atoms with Crippen LogP contribution in [0.25, 0.3) is 11.5 Å². The Bertz CT molecular complexity index is 1150. The van der Waals surface area contributed by atoms with Crippen molar-refractivity contribution in [2.45, 2.75) is 43.5 Å². The number of aryl methyl sites for hydroxylation is 2.